The van der Waals surface area contributed by atoms with Gasteiger partial charge in [0, 0.05) is 5.69 Å². The number of nitrogens with one attached hydrogen (secondary N) is 1. The van der Waals surface area contributed by atoms with Crippen molar-refractivity contribution < 1.29 is 28.7 Å². The maximum absolute atomic E-state index is 12.8. The highest BCUT2D eigenvalue weighted by molar-refractivity contribution is 8.18. The van der Waals surface area contributed by atoms with Gasteiger partial charge in [-0.25, -0.2) is 0 Å². The van der Waals surface area contributed by atoms with Crippen LogP contribution in [0.1, 0.15) is 25.0 Å². The lowest BCUT2D eigenvalue weighted by atomic mass is 10.1. The number of benzene rings is 2. The second-order valence-electron chi connectivity index (χ2n) is 7.26. The van der Waals surface area contributed by atoms with E-state index in [1.807, 2.05) is 19.1 Å². The molecule has 10 heteroatoms. The van der Waals surface area contributed by atoms with E-state index >= 15 is 0 Å². The van der Waals surface area contributed by atoms with E-state index in [0.717, 1.165) is 28.6 Å². The van der Waals surface area contributed by atoms with Crippen molar-refractivity contribution >= 4 is 46.5 Å². The molecule has 0 spiro atoms. The Labute approximate surface area is 201 Å². The Morgan fingerprint density at radius 2 is 1.79 bits per heavy atom. The Bertz CT molecular complexity index is 1130. The summed E-state index contributed by atoms with van der Waals surface area (Å²) in [7, 11) is 0. The average molecular weight is 484 g/mol. The van der Waals surface area contributed by atoms with Gasteiger partial charge in [0.05, 0.1) is 11.5 Å². The number of amides is 4. The van der Waals surface area contributed by atoms with Crippen molar-refractivity contribution in [2.24, 2.45) is 5.73 Å². The third-order valence-corrected chi connectivity index (χ3v) is 5.66. The fourth-order valence-corrected chi connectivity index (χ4v) is 3.94. The predicted molar refractivity (Wildman–Crippen MR) is 129 cm³/mol. The molecule has 1 aliphatic rings. The standard InChI is InChI=1S/C24H25N3O6S/c1-3-15-5-8-17(9-6-15)26-22(29)13-27-23(30)20(34-24(27)31)12-16-7-10-18(33-14-21(25)28)19(11-16)32-4-2/h5-12H,3-4,13-14H2,1-2H3,(H2,25,28)(H,26,29)/b20-12-. The summed E-state index contributed by atoms with van der Waals surface area (Å²) in [5, 5.41) is 2.17. The van der Waals surface area contributed by atoms with Gasteiger partial charge in [-0.05, 0) is 66.6 Å². The summed E-state index contributed by atoms with van der Waals surface area (Å²) in [6.07, 6.45) is 2.42. The number of carbonyl (C=O) groups excluding carboxylic acids is 4. The number of hydrogen-bond acceptors (Lipinski definition) is 7. The summed E-state index contributed by atoms with van der Waals surface area (Å²) in [6, 6.07) is 12.2. The van der Waals surface area contributed by atoms with E-state index in [0.29, 0.717) is 29.4 Å². The third kappa shape index (κ3) is 6.38. The van der Waals surface area contributed by atoms with Crippen molar-refractivity contribution in [3.8, 4) is 11.5 Å². The van der Waals surface area contributed by atoms with E-state index in [1.165, 1.54) is 6.08 Å². The Balaban J connectivity index is 1.70. The van der Waals surface area contributed by atoms with Crippen molar-refractivity contribution in [3.63, 3.8) is 0 Å². The molecule has 1 saturated heterocycles. The highest BCUT2D eigenvalue weighted by Crippen LogP contribution is 2.34. The van der Waals surface area contributed by atoms with Gasteiger partial charge in [0.25, 0.3) is 17.1 Å². The quantitative estimate of drug-likeness (QED) is 0.497. The molecule has 1 fully saturated rings. The Kier molecular flexibility index (Phi) is 8.31. The number of imide groups is 1. The number of ether oxygens (including phenoxy) is 2. The molecule has 178 valence electrons. The molecule has 0 unspecified atom stereocenters. The molecular formula is C24H25N3O6S. The molecular weight excluding hydrogens is 458 g/mol. The minimum Gasteiger partial charge on any atom is -0.490 e. The highest BCUT2D eigenvalue weighted by Gasteiger charge is 2.36. The first-order valence-corrected chi connectivity index (χ1v) is 11.4. The van der Waals surface area contributed by atoms with Crippen LogP contribution in [-0.4, -0.2) is 47.6 Å². The van der Waals surface area contributed by atoms with Crippen molar-refractivity contribution in [2.45, 2.75) is 20.3 Å². The average Bonchev–Trinajstić information content (AvgIpc) is 3.06. The highest BCUT2D eigenvalue weighted by atomic mass is 32.2. The van der Waals surface area contributed by atoms with Crippen molar-refractivity contribution in [2.75, 3.05) is 25.1 Å². The Morgan fingerprint density at radius 1 is 1.06 bits per heavy atom. The minimum absolute atomic E-state index is 0.179. The molecule has 1 heterocycles. The van der Waals surface area contributed by atoms with Crippen LogP contribution in [0.4, 0.5) is 10.5 Å². The summed E-state index contributed by atoms with van der Waals surface area (Å²) in [6.45, 7) is 3.48. The van der Waals surface area contributed by atoms with Crippen LogP contribution >= 0.6 is 11.8 Å². The number of carbonyl (C=O) groups is 4. The van der Waals surface area contributed by atoms with E-state index in [2.05, 4.69) is 5.32 Å². The van der Waals surface area contributed by atoms with Gasteiger partial charge in [-0.3, -0.25) is 24.1 Å². The van der Waals surface area contributed by atoms with E-state index in [9.17, 15) is 19.2 Å². The lowest BCUT2D eigenvalue weighted by Crippen LogP contribution is -2.36. The number of thioether (sulfide) groups is 1. The van der Waals surface area contributed by atoms with Gasteiger partial charge in [0.15, 0.2) is 18.1 Å². The summed E-state index contributed by atoms with van der Waals surface area (Å²) < 4.78 is 10.9. The number of nitrogens with two attached hydrogens (primary N) is 1. The van der Waals surface area contributed by atoms with Crippen LogP contribution < -0.4 is 20.5 Å². The molecule has 3 rings (SSSR count). The number of hydrogen-bond donors (Lipinski definition) is 2. The molecule has 0 atom stereocenters. The van der Waals surface area contributed by atoms with Crippen LogP contribution in [0.15, 0.2) is 47.4 Å². The summed E-state index contributed by atoms with van der Waals surface area (Å²) in [5.74, 6) is -0.956. The second-order valence-corrected chi connectivity index (χ2v) is 8.25. The van der Waals surface area contributed by atoms with Crippen LogP contribution in [0, 0.1) is 0 Å². The molecule has 34 heavy (non-hydrogen) atoms. The van der Waals surface area contributed by atoms with Crippen LogP contribution in [-0.2, 0) is 20.8 Å². The molecule has 3 N–H and O–H groups in total. The summed E-state index contributed by atoms with van der Waals surface area (Å²) in [4.78, 5) is 49.6. The van der Waals surface area contributed by atoms with Crippen molar-refractivity contribution in [3.05, 3.63) is 58.5 Å². The van der Waals surface area contributed by atoms with E-state index < -0.39 is 23.0 Å². The van der Waals surface area contributed by atoms with E-state index in [1.54, 1.807) is 37.3 Å². The first-order valence-electron chi connectivity index (χ1n) is 10.6. The first kappa shape index (κ1) is 24.8. The molecule has 0 radical (unpaired) electrons. The fourth-order valence-electron chi connectivity index (χ4n) is 3.11. The normalized spacial score (nSPS) is 14.4. The Morgan fingerprint density at radius 3 is 2.44 bits per heavy atom. The van der Waals surface area contributed by atoms with Gasteiger partial charge in [0.1, 0.15) is 6.54 Å². The van der Waals surface area contributed by atoms with Crippen LogP contribution in [0.25, 0.3) is 6.08 Å². The fraction of sp³-hybridized carbons (Fsp3) is 0.250. The predicted octanol–water partition coefficient (Wildman–Crippen LogP) is 3.19. The number of anilines is 1. The maximum atomic E-state index is 12.8. The largest absolute Gasteiger partial charge is 0.490 e. The van der Waals surface area contributed by atoms with Crippen LogP contribution in [0.5, 0.6) is 11.5 Å². The monoisotopic (exact) mass is 483 g/mol. The second kappa shape index (κ2) is 11.4. The van der Waals surface area contributed by atoms with Crippen LogP contribution in [0.2, 0.25) is 0 Å². The molecule has 4 amide bonds. The molecule has 0 saturated carbocycles. The molecule has 0 aromatic heterocycles. The SMILES string of the molecule is CCOc1cc(/C=C2\SC(=O)N(CC(=O)Nc3ccc(CC)cc3)C2=O)ccc1OCC(N)=O. The number of nitrogens with zero attached hydrogens (tertiary/aromatic N) is 1. The topological polar surface area (TPSA) is 128 Å². The third-order valence-electron chi connectivity index (χ3n) is 4.76. The van der Waals surface area contributed by atoms with Gasteiger partial charge < -0.3 is 20.5 Å². The summed E-state index contributed by atoms with van der Waals surface area (Å²) >= 11 is 0.753. The Hall–Kier alpha value is -3.79. The number of aryl methyl sites for hydroxylation is 1. The molecule has 9 nitrogen and oxygen atoms in total. The van der Waals surface area contributed by atoms with E-state index in [4.69, 9.17) is 15.2 Å². The van der Waals surface area contributed by atoms with Crippen molar-refractivity contribution in [1.29, 1.82) is 0 Å². The van der Waals surface area contributed by atoms with Gasteiger partial charge in [-0.15, -0.1) is 0 Å². The van der Waals surface area contributed by atoms with Gasteiger partial charge in [-0.1, -0.05) is 25.1 Å². The number of primary amides is 1. The zero-order chi connectivity index (χ0) is 24.7. The molecule has 0 aliphatic carbocycles. The van der Waals surface area contributed by atoms with Crippen molar-refractivity contribution in [1.82, 2.24) is 4.90 Å². The van der Waals surface area contributed by atoms with Crippen LogP contribution in [0.3, 0.4) is 0 Å². The smallest absolute Gasteiger partial charge is 0.294 e. The van der Waals surface area contributed by atoms with Gasteiger partial charge in [0.2, 0.25) is 5.91 Å². The molecule has 2 aromatic rings. The summed E-state index contributed by atoms with van der Waals surface area (Å²) in [5.41, 5.74) is 7.42. The van der Waals surface area contributed by atoms with Gasteiger partial charge >= 0.3 is 0 Å². The van der Waals surface area contributed by atoms with E-state index in [-0.39, 0.29) is 18.1 Å². The molecule has 1 aliphatic heterocycles. The first-order chi connectivity index (χ1) is 16.3. The molecule has 2 aromatic carbocycles. The number of rotatable bonds is 10. The lowest BCUT2D eigenvalue weighted by molar-refractivity contribution is -0.127. The van der Waals surface area contributed by atoms with Gasteiger partial charge in [-0.2, -0.15) is 0 Å². The zero-order valence-electron chi connectivity index (χ0n) is 18.8. The zero-order valence-corrected chi connectivity index (χ0v) is 19.6. The molecule has 0 bridgehead atoms. The minimum atomic E-state index is -0.623. The maximum Gasteiger partial charge on any atom is 0.294 e. The lowest BCUT2D eigenvalue weighted by Gasteiger charge is -2.13.